The molecule has 0 unspecified atom stereocenters. The van der Waals surface area contributed by atoms with Crippen molar-refractivity contribution in [1.82, 2.24) is 58.3 Å². The predicted octanol–water partition coefficient (Wildman–Crippen LogP) is -4.00. The zero-order valence-corrected chi connectivity index (χ0v) is 45.0. The Labute approximate surface area is 442 Å². The largest absolute Gasteiger partial charge is 0.481 e. The maximum atomic E-state index is 13.9. The molecule has 0 radical (unpaired) electrons. The highest BCUT2D eigenvalue weighted by Gasteiger charge is 2.33. The fraction of sp³-hybridized carbons (Fsp3) is 0.809. The Hall–Kier alpha value is -5.01. The highest BCUT2D eigenvalue weighted by atomic mass is 16.6. The van der Waals surface area contributed by atoms with E-state index in [-0.39, 0.29) is 88.5 Å². The molecule has 75 heavy (non-hydrogen) atoms. The van der Waals surface area contributed by atoms with Crippen LogP contribution in [0.5, 0.6) is 0 Å². The van der Waals surface area contributed by atoms with Crippen LogP contribution in [0.4, 0.5) is 0 Å². The number of hydrogen-bond donors (Lipinski definition) is 17. The molecular formula is C47H95N17O11. The molecule has 6 amide bonds. The van der Waals surface area contributed by atoms with Crippen molar-refractivity contribution in [3.8, 4) is 0 Å². The molecule has 28 nitrogen and oxygen atoms in total. The Bertz CT molecular complexity index is 1690. The summed E-state index contributed by atoms with van der Waals surface area (Å²) in [6.07, 6.45) is 5.28. The smallest absolute Gasteiger partial charge is 0.377 e. The highest BCUT2D eigenvalue weighted by molar-refractivity contribution is 6.36. The number of amides is 6. The van der Waals surface area contributed by atoms with Gasteiger partial charge < -0.3 is 75.7 Å². The summed E-state index contributed by atoms with van der Waals surface area (Å²) in [7, 11) is 0. The summed E-state index contributed by atoms with van der Waals surface area (Å²) >= 11 is 0. The van der Waals surface area contributed by atoms with Crippen molar-refractivity contribution in [2.45, 2.75) is 186 Å². The lowest BCUT2D eigenvalue weighted by molar-refractivity contribution is -0.163. The number of rotatable bonds is 46. The number of carbonyl (C=O) groups is 9. The van der Waals surface area contributed by atoms with Crippen molar-refractivity contribution in [2.24, 2.45) is 34.4 Å². The molecule has 0 bridgehead atoms. The number of ether oxygens (including phenoxy) is 1. The number of aliphatic carboxylic acids is 1. The van der Waals surface area contributed by atoms with E-state index in [4.69, 9.17) is 44.2 Å². The minimum Gasteiger partial charge on any atom is -0.481 e. The van der Waals surface area contributed by atoms with Crippen LogP contribution in [0.25, 0.3) is 0 Å². The molecule has 434 valence electrons. The SMILES string of the molecule is CC(=O)NCCN(CC(=O)NCCCCCC(=O)NCCCCCC(=O)O)C(=O)CCCCCNC(=O)[C@H](CCCNC(N)N)NN[C@@H](CCCNC(N)N)C(=O)N[C@@H](CCCNC(N)N)C(=O)C(=O)OC(C)(C)C. The quantitative estimate of drug-likeness (QED) is 0.00908. The van der Waals surface area contributed by atoms with Crippen LogP contribution in [0, 0.1) is 0 Å². The lowest BCUT2D eigenvalue weighted by atomic mass is 10.0. The Morgan fingerprint density at radius 3 is 1.44 bits per heavy atom. The second-order valence-corrected chi connectivity index (χ2v) is 19.3. The zero-order chi connectivity index (χ0) is 56.6. The van der Waals surface area contributed by atoms with E-state index in [2.05, 4.69) is 53.4 Å². The first-order valence-corrected chi connectivity index (χ1v) is 26.3. The summed E-state index contributed by atoms with van der Waals surface area (Å²) in [6.45, 7) is 8.37. The van der Waals surface area contributed by atoms with Crippen molar-refractivity contribution in [2.75, 3.05) is 58.9 Å². The first-order chi connectivity index (χ1) is 35.4. The van der Waals surface area contributed by atoms with Crippen molar-refractivity contribution < 1.29 is 53.0 Å². The number of carbonyl (C=O) groups excluding carboxylic acids is 8. The van der Waals surface area contributed by atoms with E-state index in [1.165, 1.54) is 11.8 Å². The van der Waals surface area contributed by atoms with Gasteiger partial charge in [-0.05, 0) is 117 Å². The van der Waals surface area contributed by atoms with Gasteiger partial charge in [0.15, 0.2) is 0 Å². The molecule has 0 fully saturated rings. The third-order valence-corrected chi connectivity index (χ3v) is 11.0. The van der Waals surface area contributed by atoms with E-state index in [9.17, 15) is 43.2 Å². The zero-order valence-electron chi connectivity index (χ0n) is 45.0. The van der Waals surface area contributed by atoms with Crippen LogP contribution in [-0.2, 0) is 47.9 Å². The Morgan fingerprint density at radius 1 is 0.507 bits per heavy atom. The standard InChI is InChI=1S/C47H95N17O11/c1-32(65)54-29-30-64(31-37(67)56-24-11-5-8-20-36(66)55-23-12-7-10-22-39(69)70)38(68)21-9-6-13-25-57-41(72)34(18-15-27-59-45(50)51)62-63-35(19-16-28-60-46(52)53)42(73)61-33(17-14-26-58-44(48)49)40(71)43(74)75-47(2,3)4/h33-35,44-46,58-60,62-63H,5-31,48-53H2,1-4H3,(H,54,65)(H,55,66)(H,56,67)(H,57,72)(H,61,73)(H,69,70)/t33-,34-,35-/m0/s1. The minimum atomic E-state index is -1.27. The summed E-state index contributed by atoms with van der Waals surface area (Å²) < 4.78 is 5.30. The maximum absolute atomic E-state index is 13.9. The van der Waals surface area contributed by atoms with Gasteiger partial charge >= 0.3 is 11.9 Å². The van der Waals surface area contributed by atoms with Crippen LogP contribution in [-0.4, -0.2) is 165 Å². The van der Waals surface area contributed by atoms with E-state index in [1.54, 1.807) is 20.8 Å². The van der Waals surface area contributed by atoms with Gasteiger partial charge in [0.2, 0.25) is 35.4 Å². The molecule has 0 saturated carbocycles. The van der Waals surface area contributed by atoms with Gasteiger partial charge in [-0.1, -0.05) is 19.3 Å². The lowest BCUT2D eigenvalue weighted by Gasteiger charge is -2.26. The Morgan fingerprint density at radius 2 is 0.960 bits per heavy atom. The molecule has 0 aliphatic rings. The van der Waals surface area contributed by atoms with Crippen molar-refractivity contribution >= 4 is 53.2 Å². The maximum Gasteiger partial charge on any atom is 0.377 e. The normalized spacial score (nSPS) is 12.7. The van der Waals surface area contributed by atoms with E-state index in [1.807, 2.05) is 0 Å². The molecule has 0 heterocycles. The summed E-state index contributed by atoms with van der Waals surface area (Å²) in [5, 5.41) is 31.2. The van der Waals surface area contributed by atoms with Gasteiger partial charge in [-0.3, -0.25) is 54.3 Å². The molecule has 0 aromatic rings. The van der Waals surface area contributed by atoms with Crippen LogP contribution in [0.15, 0.2) is 0 Å². The monoisotopic (exact) mass is 1070 g/mol. The first kappa shape index (κ1) is 70.0. The molecule has 0 aromatic heterocycles. The van der Waals surface area contributed by atoms with E-state index in [0.717, 1.165) is 6.42 Å². The van der Waals surface area contributed by atoms with Gasteiger partial charge in [0, 0.05) is 58.9 Å². The molecule has 0 rings (SSSR count). The number of unbranched alkanes of at least 4 members (excludes halogenated alkanes) is 6. The number of hydrogen-bond acceptors (Lipinski definition) is 21. The molecule has 23 N–H and O–H groups in total. The number of nitrogens with one attached hydrogen (secondary N) is 10. The molecular weight excluding hydrogens is 979 g/mol. The number of esters is 1. The third kappa shape index (κ3) is 40.9. The van der Waals surface area contributed by atoms with Gasteiger partial charge in [0.25, 0.3) is 5.78 Å². The summed E-state index contributed by atoms with van der Waals surface area (Å²) in [5.74, 6) is -4.92. The van der Waals surface area contributed by atoms with Crippen molar-refractivity contribution in [3.05, 3.63) is 0 Å². The molecule has 0 saturated heterocycles. The topological polar surface area (TPSA) is 463 Å². The van der Waals surface area contributed by atoms with Gasteiger partial charge in [-0.2, -0.15) is 0 Å². The van der Waals surface area contributed by atoms with Gasteiger partial charge in [0.05, 0.1) is 24.7 Å². The van der Waals surface area contributed by atoms with E-state index >= 15 is 0 Å². The van der Waals surface area contributed by atoms with Crippen LogP contribution in [0.1, 0.15) is 143 Å². The molecule has 0 aliphatic carbocycles. The highest BCUT2D eigenvalue weighted by Crippen LogP contribution is 2.11. The van der Waals surface area contributed by atoms with Crippen LogP contribution >= 0.6 is 0 Å². The third-order valence-electron chi connectivity index (χ3n) is 11.0. The number of hydrazine groups is 1. The van der Waals surface area contributed by atoms with Gasteiger partial charge in [-0.25, -0.2) is 15.6 Å². The first-order valence-electron chi connectivity index (χ1n) is 26.3. The minimum absolute atomic E-state index is 0.0483. The number of ketones is 1. The number of carboxylic acid groups (broad SMARTS) is 1. The number of Topliss-reactive ketones (excluding diaryl/α,β-unsaturated/α-hetero) is 1. The average Bonchev–Trinajstić information content (AvgIpc) is 3.31. The van der Waals surface area contributed by atoms with Crippen LogP contribution < -0.4 is 87.8 Å². The molecule has 0 spiro atoms. The number of nitrogens with zero attached hydrogens (tertiary/aromatic N) is 1. The fourth-order valence-corrected chi connectivity index (χ4v) is 7.14. The van der Waals surface area contributed by atoms with Crippen molar-refractivity contribution in [3.63, 3.8) is 0 Å². The molecule has 0 aliphatic heterocycles. The van der Waals surface area contributed by atoms with Gasteiger partial charge in [0.1, 0.15) is 24.5 Å². The summed E-state index contributed by atoms with van der Waals surface area (Å²) in [6, 6.07) is -3.18. The second-order valence-electron chi connectivity index (χ2n) is 19.3. The summed E-state index contributed by atoms with van der Waals surface area (Å²) in [5.41, 5.74) is 38.7. The molecule has 3 atom stereocenters. The fourth-order valence-electron chi connectivity index (χ4n) is 7.14. The molecule has 0 aromatic carbocycles. The number of nitrogens with two attached hydrogens (primary N) is 6. The van der Waals surface area contributed by atoms with Crippen molar-refractivity contribution in [1.29, 1.82) is 0 Å². The average molecular weight is 1070 g/mol. The van der Waals surface area contributed by atoms with Crippen LogP contribution in [0.3, 0.4) is 0 Å². The number of carboxylic acids is 1. The van der Waals surface area contributed by atoms with Gasteiger partial charge in [-0.15, -0.1) is 0 Å². The second kappa shape index (κ2) is 42.1. The summed E-state index contributed by atoms with van der Waals surface area (Å²) in [4.78, 5) is 116. The lowest BCUT2D eigenvalue weighted by Crippen LogP contribution is -2.59. The van der Waals surface area contributed by atoms with E-state index < -0.39 is 72.1 Å². The Kier molecular flexibility index (Phi) is 39.3. The molecule has 28 heteroatoms. The van der Waals surface area contributed by atoms with Crippen LogP contribution in [0.2, 0.25) is 0 Å². The predicted molar refractivity (Wildman–Crippen MR) is 282 cm³/mol. The Balaban J connectivity index is 5.52. The van der Waals surface area contributed by atoms with E-state index in [0.29, 0.717) is 103 Å².